The van der Waals surface area contributed by atoms with Crippen molar-refractivity contribution in [1.82, 2.24) is 25.3 Å². The lowest BCUT2D eigenvalue weighted by Crippen LogP contribution is -2.55. The molecule has 202 valence electrons. The van der Waals surface area contributed by atoms with Gasteiger partial charge in [0.2, 0.25) is 11.8 Å². The van der Waals surface area contributed by atoms with Crippen LogP contribution in [0.15, 0.2) is 55.5 Å². The Balaban J connectivity index is 1.49. The zero-order chi connectivity index (χ0) is 28.0. The average Bonchev–Trinajstić information content (AvgIpc) is 3.56. The van der Waals surface area contributed by atoms with Crippen molar-refractivity contribution in [2.24, 2.45) is 5.73 Å². The smallest absolute Gasteiger partial charge is 0.334 e. The fraction of sp³-hybridized carbons (Fsp3) is 0.222. The van der Waals surface area contributed by atoms with Crippen LogP contribution in [0.1, 0.15) is 34.6 Å². The first-order valence-electron chi connectivity index (χ1n) is 12.6. The number of aromatic nitrogens is 4. The SMILES string of the molecule is C=CC(=O)N[C@H]1CCC[C@H]1N1C(=O)N(c2ccc(Oc3ncccn3)nc2C)c2ccnc3sc(C(N)=O)c1c23. The van der Waals surface area contributed by atoms with E-state index in [0.717, 1.165) is 17.8 Å². The van der Waals surface area contributed by atoms with Gasteiger partial charge in [-0.1, -0.05) is 6.58 Å². The molecule has 2 aliphatic rings. The Hall–Kier alpha value is -4.91. The Morgan fingerprint density at radius 2 is 1.95 bits per heavy atom. The van der Waals surface area contributed by atoms with E-state index in [2.05, 4.69) is 31.8 Å². The van der Waals surface area contributed by atoms with E-state index in [0.29, 0.717) is 45.8 Å². The van der Waals surface area contributed by atoms with Crippen LogP contribution in [0.25, 0.3) is 10.2 Å². The summed E-state index contributed by atoms with van der Waals surface area (Å²) >= 11 is 1.14. The van der Waals surface area contributed by atoms with Crippen molar-refractivity contribution in [2.75, 3.05) is 9.80 Å². The van der Waals surface area contributed by atoms with Crippen molar-refractivity contribution in [3.8, 4) is 11.9 Å². The number of carbonyl (C=O) groups excluding carboxylic acids is 3. The third-order valence-corrected chi connectivity index (χ3v) is 8.08. The molecule has 0 saturated heterocycles. The number of hydrogen-bond donors (Lipinski definition) is 2. The lowest BCUT2D eigenvalue weighted by Gasteiger charge is -2.41. The Labute approximate surface area is 232 Å². The Morgan fingerprint density at radius 3 is 2.67 bits per heavy atom. The molecule has 4 aromatic rings. The van der Waals surface area contributed by atoms with Crippen LogP contribution in [0.4, 0.5) is 21.9 Å². The summed E-state index contributed by atoms with van der Waals surface area (Å²) in [7, 11) is 0. The molecule has 2 atom stereocenters. The van der Waals surface area contributed by atoms with Crippen molar-refractivity contribution < 1.29 is 19.1 Å². The van der Waals surface area contributed by atoms with Crippen LogP contribution in [-0.4, -0.2) is 49.9 Å². The number of amides is 4. The fourth-order valence-corrected chi connectivity index (χ4v) is 6.34. The number of aryl methyl sites for hydroxylation is 1. The second kappa shape index (κ2) is 10.0. The van der Waals surface area contributed by atoms with Crippen LogP contribution >= 0.6 is 11.3 Å². The van der Waals surface area contributed by atoms with Crippen molar-refractivity contribution in [2.45, 2.75) is 38.3 Å². The summed E-state index contributed by atoms with van der Waals surface area (Å²) in [5, 5.41) is 3.59. The highest BCUT2D eigenvalue weighted by molar-refractivity contribution is 7.21. The summed E-state index contributed by atoms with van der Waals surface area (Å²) in [6.45, 7) is 5.32. The number of nitrogens with two attached hydrogens (primary N) is 1. The first kappa shape index (κ1) is 25.4. The molecule has 4 amide bonds. The van der Waals surface area contributed by atoms with E-state index in [9.17, 15) is 14.4 Å². The maximum atomic E-state index is 14.5. The number of primary amides is 1. The second-order valence-electron chi connectivity index (χ2n) is 9.35. The summed E-state index contributed by atoms with van der Waals surface area (Å²) in [6.07, 6.45) is 7.99. The molecule has 0 aromatic carbocycles. The molecule has 6 rings (SSSR count). The number of nitrogens with zero attached hydrogens (tertiary/aromatic N) is 6. The van der Waals surface area contributed by atoms with E-state index in [1.165, 1.54) is 6.08 Å². The van der Waals surface area contributed by atoms with Gasteiger partial charge in [-0.25, -0.2) is 24.7 Å². The number of thiophene rings is 1. The predicted octanol–water partition coefficient (Wildman–Crippen LogP) is 3.98. The lowest BCUT2D eigenvalue weighted by molar-refractivity contribution is -0.117. The number of carbonyl (C=O) groups is 3. The maximum absolute atomic E-state index is 14.5. The molecule has 1 aliphatic carbocycles. The Morgan fingerprint density at radius 1 is 1.15 bits per heavy atom. The average molecular weight is 557 g/mol. The largest absolute Gasteiger partial charge is 0.405 e. The van der Waals surface area contributed by atoms with E-state index in [1.54, 1.807) is 59.6 Å². The Bertz CT molecular complexity index is 1670. The lowest BCUT2D eigenvalue weighted by atomic mass is 10.0. The van der Waals surface area contributed by atoms with Crippen molar-refractivity contribution in [1.29, 1.82) is 0 Å². The Kier molecular flexibility index (Phi) is 6.34. The highest BCUT2D eigenvalue weighted by Crippen LogP contribution is 2.50. The number of urea groups is 1. The molecule has 0 unspecified atom stereocenters. The molecule has 0 radical (unpaired) electrons. The predicted molar refractivity (Wildman–Crippen MR) is 149 cm³/mol. The van der Waals surface area contributed by atoms with E-state index < -0.39 is 18.0 Å². The summed E-state index contributed by atoms with van der Waals surface area (Å²) < 4.78 is 5.68. The zero-order valence-electron chi connectivity index (χ0n) is 21.4. The number of nitrogens with one attached hydrogen (secondary N) is 1. The van der Waals surface area contributed by atoms with E-state index in [-0.39, 0.29) is 28.7 Å². The molecular weight excluding hydrogens is 532 g/mol. The van der Waals surface area contributed by atoms with Gasteiger partial charge in [0.05, 0.1) is 40.2 Å². The topological polar surface area (TPSA) is 157 Å². The maximum Gasteiger partial charge on any atom is 0.334 e. The van der Waals surface area contributed by atoms with Gasteiger partial charge in [0, 0.05) is 24.7 Å². The third-order valence-electron chi connectivity index (χ3n) is 6.98. The van der Waals surface area contributed by atoms with Crippen LogP contribution in [0.2, 0.25) is 0 Å². The van der Waals surface area contributed by atoms with Crippen LogP contribution < -0.4 is 25.6 Å². The zero-order valence-corrected chi connectivity index (χ0v) is 22.2. The van der Waals surface area contributed by atoms with Crippen LogP contribution in [0.5, 0.6) is 11.9 Å². The molecule has 5 heterocycles. The van der Waals surface area contributed by atoms with Gasteiger partial charge in [-0.15, -0.1) is 11.3 Å². The van der Waals surface area contributed by atoms with Gasteiger partial charge in [-0.05, 0) is 50.5 Å². The standard InChI is InChI=1S/C27H24N8O4S/c1-3-19(36)33-15-6-4-7-17(15)35-22-21-18(10-13-29-25(21)40-23(22)24(28)37)34(27(35)38)16-8-9-20(32-14(16)2)39-26-30-11-5-12-31-26/h3,5,8-13,15,17H,1,4,6-7H2,2H3,(H2,28,37)(H,33,36)/t15-,17+/m0/s1. The van der Waals surface area contributed by atoms with E-state index >= 15 is 0 Å². The first-order chi connectivity index (χ1) is 19.4. The molecule has 12 nitrogen and oxygen atoms in total. The molecule has 0 spiro atoms. The molecule has 13 heteroatoms. The van der Waals surface area contributed by atoms with Gasteiger partial charge in [-0.3, -0.25) is 19.4 Å². The van der Waals surface area contributed by atoms with Crippen LogP contribution in [0, 0.1) is 6.92 Å². The molecule has 0 bridgehead atoms. The molecule has 1 aliphatic heterocycles. The molecule has 4 aromatic heterocycles. The minimum absolute atomic E-state index is 0.147. The van der Waals surface area contributed by atoms with Crippen molar-refractivity contribution >= 4 is 56.5 Å². The molecule has 3 N–H and O–H groups in total. The third kappa shape index (κ3) is 4.20. The van der Waals surface area contributed by atoms with Crippen LogP contribution in [0.3, 0.4) is 0 Å². The van der Waals surface area contributed by atoms with Crippen molar-refractivity contribution in [3.63, 3.8) is 0 Å². The van der Waals surface area contributed by atoms with Gasteiger partial charge in [0.25, 0.3) is 5.91 Å². The monoisotopic (exact) mass is 556 g/mol. The number of hydrogen-bond acceptors (Lipinski definition) is 9. The number of rotatable bonds is 7. The molecular formula is C27H24N8O4S. The number of pyridine rings is 2. The van der Waals surface area contributed by atoms with Crippen LogP contribution in [-0.2, 0) is 4.79 Å². The molecule has 40 heavy (non-hydrogen) atoms. The van der Waals surface area contributed by atoms with Crippen molar-refractivity contribution in [3.05, 3.63) is 66.1 Å². The summed E-state index contributed by atoms with van der Waals surface area (Å²) in [6, 6.07) is 5.77. The summed E-state index contributed by atoms with van der Waals surface area (Å²) in [5.74, 6) is -0.713. The van der Waals surface area contributed by atoms with Gasteiger partial charge in [0.15, 0.2) is 0 Å². The van der Waals surface area contributed by atoms with E-state index in [4.69, 9.17) is 10.5 Å². The van der Waals surface area contributed by atoms with Gasteiger partial charge >= 0.3 is 12.0 Å². The number of ether oxygens (including phenoxy) is 1. The summed E-state index contributed by atoms with van der Waals surface area (Å²) in [4.78, 5) is 60.4. The summed E-state index contributed by atoms with van der Waals surface area (Å²) in [5.41, 5.74) is 7.81. The second-order valence-corrected chi connectivity index (χ2v) is 10.3. The first-order valence-corrected chi connectivity index (χ1v) is 13.4. The normalized spacial score (nSPS) is 18.2. The van der Waals surface area contributed by atoms with Gasteiger partial charge < -0.3 is 15.8 Å². The highest BCUT2D eigenvalue weighted by Gasteiger charge is 2.45. The van der Waals surface area contributed by atoms with E-state index in [1.807, 2.05) is 0 Å². The number of anilines is 3. The fourth-order valence-electron chi connectivity index (χ4n) is 5.34. The minimum Gasteiger partial charge on any atom is -0.405 e. The highest BCUT2D eigenvalue weighted by atomic mass is 32.1. The molecule has 1 fully saturated rings. The quantitative estimate of drug-likeness (QED) is 0.324. The minimum atomic E-state index is -0.651. The van der Waals surface area contributed by atoms with Gasteiger partial charge in [-0.2, -0.15) is 0 Å². The van der Waals surface area contributed by atoms with Gasteiger partial charge in [0.1, 0.15) is 9.71 Å². The molecule has 1 saturated carbocycles.